The minimum Gasteiger partial charge on any atom is -0.490 e. The van der Waals surface area contributed by atoms with Gasteiger partial charge in [-0.15, -0.1) is 0 Å². The first kappa shape index (κ1) is 19.4. The fraction of sp³-hybridized carbons (Fsp3) is 0.250. The lowest BCUT2D eigenvalue weighted by atomic mass is 10.1. The minimum absolute atomic E-state index is 0.102. The fourth-order valence-corrected chi connectivity index (χ4v) is 2.44. The lowest BCUT2D eigenvalue weighted by molar-refractivity contribution is -0.137. The van der Waals surface area contributed by atoms with Gasteiger partial charge in [0, 0.05) is 23.7 Å². The molecule has 0 saturated carbocycles. The second-order valence-electron chi connectivity index (χ2n) is 5.92. The number of halogens is 3. The van der Waals surface area contributed by atoms with Gasteiger partial charge in [-0.1, -0.05) is 11.8 Å². The highest BCUT2D eigenvalue weighted by Crippen LogP contribution is 2.32. The predicted octanol–water partition coefficient (Wildman–Crippen LogP) is 3.65. The SMILES string of the molecule is NC(=NCC#Cc1ccc(C(F)(F)F)cc1)Nc1ccc2c(c1)OCCCO2. The third-order valence-corrected chi connectivity index (χ3v) is 3.79. The van der Waals surface area contributed by atoms with Crippen LogP contribution in [-0.2, 0) is 6.18 Å². The molecule has 0 amide bonds. The van der Waals surface area contributed by atoms with Crippen molar-refractivity contribution >= 4 is 11.6 Å². The molecule has 0 aliphatic carbocycles. The number of nitrogens with two attached hydrogens (primary N) is 1. The highest BCUT2D eigenvalue weighted by molar-refractivity contribution is 5.92. The molecule has 0 fully saturated rings. The molecule has 0 aromatic heterocycles. The maximum Gasteiger partial charge on any atom is 0.416 e. The molecular weight excluding hydrogens is 371 g/mol. The first-order valence-electron chi connectivity index (χ1n) is 8.54. The van der Waals surface area contributed by atoms with Crippen molar-refractivity contribution in [2.24, 2.45) is 10.7 Å². The van der Waals surface area contributed by atoms with Crippen LogP contribution in [0.3, 0.4) is 0 Å². The third-order valence-electron chi connectivity index (χ3n) is 3.79. The molecule has 0 unspecified atom stereocenters. The average molecular weight is 389 g/mol. The zero-order valence-corrected chi connectivity index (χ0v) is 14.8. The Kier molecular flexibility index (Phi) is 5.94. The number of guanidine groups is 1. The van der Waals surface area contributed by atoms with Crippen molar-refractivity contribution < 1.29 is 22.6 Å². The first-order chi connectivity index (χ1) is 13.4. The highest BCUT2D eigenvalue weighted by atomic mass is 19.4. The van der Waals surface area contributed by atoms with Gasteiger partial charge in [0.2, 0.25) is 0 Å². The van der Waals surface area contributed by atoms with E-state index >= 15 is 0 Å². The number of hydrogen-bond acceptors (Lipinski definition) is 3. The summed E-state index contributed by atoms with van der Waals surface area (Å²) in [5.74, 6) is 6.98. The number of aliphatic imine (C=N–C) groups is 1. The third kappa shape index (κ3) is 5.33. The van der Waals surface area contributed by atoms with Gasteiger partial charge in [-0.2, -0.15) is 13.2 Å². The Labute approximate surface area is 160 Å². The van der Waals surface area contributed by atoms with Gasteiger partial charge in [-0.05, 0) is 36.4 Å². The molecule has 0 radical (unpaired) electrons. The molecule has 146 valence electrons. The van der Waals surface area contributed by atoms with Gasteiger partial charge < -0.3 is 20.5 Å². The van der Waals surface area contributed by atoms with E-state index in [4.69, 9.17) is 15.2 Å². The summed E-state index contributed by atoms with van der Waals surface area (Å²) in [4.78, 5) is 4.08. The number of ether oxygens (including phenoxy) is 2. The maximum absolute atomic E-state index is 12.5. The normalized spacial score (nSPS) is 13.9. The van der Waals surface area contributed by atoms with Crippen LogP contribution in [0.1, 0.15) is 17.5 Å². The lowest BCUT2D eigenvalue weighted by Gasteiger charge is -2.10. The van der Waals surface area contributed by atoms with Crippen LogP contribution in [0, 0.1) is 11.8 Å². The summed E-state index contributed by atoms with van der Waals surface area (Å²) < 4.78 is 48.7. The van der Waals surface area contributed by atoms with Crippen molar-refractivity contribution in [3.8, 4) is 23.3 Å². The van der Waals surface area contributed by atoms with E-state index in [1.54, 1.807) is 18.2 Å². The predicted molar refractivity (Wildman–Crippen MR) is 100 cm³/mol. The van der Waals surface area contributed by atoms with Crippen LogP contribution in [0.4, 0.5) is 18.9 Å². The number of nitrogens with one attached hydrogen (secondary N) is 1. The number of rotatable bonds is 2. The summed E-state index contributed by atoms with van der Waals surface area (Å²) >= 11 is 0. The van der Waals surface area contributed by atoms with Gasteiger partial charge >= 0.3 is 6.18 Å². The summed E-state index contributed by atoms with van der Waals surface area (Å²) in [5, 5.41) is 2.93. The molecule has 0 bridgehead atoms. The Morgan fingerprint density at radius 3 is 2.50 bits per heavy atom. The average Bonchev–Trinajstić information content (AvgIpc) is 2.90. The van der Waals surface area contributed by atoms with E-state index in [2.05, 4.69) is 22.2 Å². The molecule has 0 atom stereocenters. The summed E-state index contributed by atoms with van der Waals surface area (Å²) in [6.45, 7) is 1.30. The summed E-state index contributed by atoms with van der Waals surface area (Å²) in [5.41, 5.74) is 6.29. The highest BCUT2D eigenvalue weighted by Gasteiger charge is 2.29. The topological polar surface area (TPSA) is 68.9 Å². The van der Waals surface area contributed by atoms with Crippen LogP contribution >= 0.6 is 0 Å². The molecule has 0 spiro atoms. The number of benzene rings is 2. The van der Waals surface area contributed by atoms with Crippen LogP contribution < -0.4 is 20.5 Å². The maximum atomic E-state index is 12.5. The van der Waals surface area contributed by atoms with Gasteiger partial charge in [-0.3, -0.25) is 0 Å². The molecule has 2 aromatic carbocycles. The molecule has 2 aromatic rings. The molecule has 8 heteroatoms. The Morgan fingerprint density at radius 2 is 1.79 bits per heavy atom. The molecule has 1 aliphatic rings. The second kappa shape index (κ2) is 8.57. The summed E-state index contributed by atoms with van der Waals surface area (Å²) in [6.07, 6.45) is -3.54. The largest absolute Gasteiger partial charge is 0.490 e. The number of anilines is 1. The molecule has 0 saturated heterocycles. The zero-order chi connectivity index (χ0) is 20.0. The number of alkyl halides is 3. The molecule has 1 heterocycles. The van der Waals surface area contributed by atoms with Crippen molar-refractivity contribution in [1.82, 2.24) is 0 Å². The van der Waals surface area contributed by atoms with Crippen LogP contribution in [0.5, 0.6) is 11.5 Å². The Morgan fingerprint density at radius 1 is 1.07 bits per heavy atom. The quantitative estimate of drug-likeness (QED) is 0.467. The number of fused-ring (bicyclic) bond motifs is 1. The Hall–Kier alpha value is -3.34. The molecule has 3 N–H and O–H groups in total. The van der Waals surface area contributed by atoms with Crippen LogP contribution in [-0.4, -0.2) is 25.7 Å². The molecule has 28 heavy (non-hydrogen) atoms. The summed E-state index contributed by atoms with van der Waals surface area (Å²) in [6, 6.07) is 9.99. The first-order valence-corrected chi connectivity index (χ1v) is 8.54. The minimum atomic E-state index is -4.36. The lowest BCUT2D eigenvalue weighted by Crippen LogP contribution is -2.22. The zero-order valence-electron chi connectivity index (χ0n) is 14.8. The van der Waals surface area contributed by atoms with E-state index in [1.165, 1.54) is 12.1 Å². The van der Waals surface area contributed by atoms with Crippen LogP contribution in [0.15, 0.2) is 47.5 Å². The monoisotopic (exact) mass is 389 g/mol. The fourth-order valence-electron chi connectivity index (χ4n) is 2.44. The molecule has 5 nitrogen and oxygen atoms in total. The van der Waals surface area contributed by atoms with Crippen molar-refractivity contribution in [2.75, 3.05) is 25.1 Å². The Bertz CT molecular complexity index is 913. The van der Waals surface area contributed by atoms with Crippen LogP contribution in [0.2, 0.25) is 0 Å². The molecule has 1 aliphatic heterocycles. The smallest absolute Gasteiger partial charge is 0.416 e. The van der Waals surface area contributed by atoms with Gasteiger partial charge in [0.05, 0.1) is 18.8 Å². The Balaban J connectivity index is 1.57. The van der Waals surface area contributed by atoms with E-state index in [0.29, 0.717) is 36.0 Å². The van der Waals surface area contributed by atoms with E-state index < -0.39 is 11.7 Å². The van der Waals surface area contributed by atoms with Crippen molar-refractivity contribution in [1.29, 1.82) is 0 Å². The van der Waals surface area contributed by atoms with Gasteiger partial charge in [0.25, 0.3) is 0 Å². The van der Waals surface area contributed by atoms with Crippen LogP contribution in [0.25, 0.3) is 0 Å². The van der Waals surface area contributed by atoms with Crippen molar-refractivity contribution in [2.45, 2.75) is 12.6 Å². The van der Waals surface area contributed by atoms with Gasteiger partial charge in [0.15, 0.2) is 17.5 Å². The van der Waals surface area contributed by atoms with Gasteiger partial charge in [0.1, 0.15) is 6.54 Å². The number of hydrogen-bond donors (Lipinski definition) is 2. The summed E-state index contributed by atoms with van der Waals surface area (Å²) in [7, 11) is 0. The molecule has 3 rings (SSSR count). The van der Waals surface area contributed by atoms with Gasteiger partial charge in [-0.25, -0.2) is 4.99 Å². The van der Waals surface area contributed by atoms with Crippen molar-refractivity contribution in [3.63, 3.8) is 0 Å². The number of nitrogens with zero attached hydrogens (tertiary/aromatic N) is 1. The van der Waals surface area contributed by atoms with E-state index in [1.807, 2.05) is 0 Å². The van der Waals surface area contributed by atoms with Crippen molar-refractivity contribution in [3.05, 3.63) is 53.6 Å². The van der Waals surface area contributed by atoms with E-state index in [9.17, 15) is 13.2 Å². The molecular formula is C20H18F3N3O2. The standard InChI is InChI=1S/C20H18F3N3O2/c21-20(22,23)15-6-4-14(5-7-15)3-1-10-25-19(24)26-16-8-9-17-18(13-16)28-12-2-11-27-17/h4-9,13H,2,10-12H2,(H3,24,25,26). The van der Waals surface area contributed by atoms with E-state index in [-0.39, 0.29) is 12.5 Å². The second-order valence-corrected chi connectivity index (χ2v) is 5.92. The van der Waals surface area contributed by atoms with E-state index in [0.717, 1.165) is 18.6 Å².